The lowest BCUT2D eigenvalue weighted by atomic mass is 10.1. The SMILES string of the molecule is Nc1cnc(C(=O)OC2O[C@H](CO)[C@@H](O)[C@H]2OP(=O)(O)O)[nH]1. The van der Waals surface area contributed by atoms with E-state index in [1.54, 1.807) is 0 Å². The maximum absolute atomic E-state index is 11.8. The predicted octanol–water partition coefficient (Wildman–Crippen LogP) is -2.30. The summed E-state index contributed by atoms with van der Waals surface area (Å²) in [5.41, 5.74) is 5.34. The second kappa shape index (κ2) is 6.30. The van der Waals surface area contributed by atoms with Gasteiger partial charge in [-0.2, -0.15) is 0 Å². The van der Waals surface area contributed by atoms with E-state index in [1.807, 2.05) is 0 Å². The summed E-state index contributed by atoms with van der Waals surface area (Å²) in [7, 11) is -4.99. The third-order valence-corrected chi connectivity index (χ3v) is 3.26. The molecule has 0 radical (unpaired) electrons. The van der Waals surface area contributed by atoms with Crippen LogP contribution in [0, 0.1) is 0 Å². The van der Waals surface area contributed by atoms with Crippen molar-refractivity contribution in [3.63, 3.8) is 0 Å². The number of hydrogen-bond acceptors (Lipinski definition) is 9. The number of hydrogen-bond donors (Lipinski definition) is 6. The zero-order chi connectivity index (χ0) is 16.5. The summed E-state index contributed by atoms with van der Waals surface area (Å²) in [5.74, 6) is -1.24. The van der Waals surface area contributed by atoms with Crippen LogP contribution in [0.3, 0.4) is 0 Å². The van der Waals surface area contributed by atoms with Gasteiger partial charge < -0.3 is 40.2 Å². The zero-order valence-electron chi connectivity index (χ0n) is 10.9. The Morgan fingerprint density at radius 2 is 2.23 bits per heavy atom. The second-order valence-electron chi connectivity index (χ2n) is 4.37. The fraction of sp³-hybridized carbons (Fsp3) is 0.556. The molecule has 124 valence electrons. The maximum Gasteiger partial charge on any atom is 0.470 e. The summed E-state index contributed by atoms with van der Waals surface area (Å²) in [6.45, 7) is -0.677. The number of ether oxygens (including phenoxy) is 2. The molecule has 4 atom stereocenters. The summed E-state index contributed by atoms with van der Waals surface area (Å²) in [5, 5.41) is 18.8. The van der Waals surface area contributed by atoms with E-state index in [4.69, 9.17) is 30.1 Å². The van der Waals surface area contributed by atoms with Crippen molar-refractivity contribution in [3.05, 3.63) is 12.0 Å². The van der Waals surface area contributed by atoms with Crippen LogP contribution in [0.15, 0.2) is 6.20 Å². The third-order valence-electron chi connectivity index (χ3n) is 2.75. The number of nitrogens with two attached hydrogens (primary N) is 1. The lowest BCUT2D eigenvalue weighted by Gasteiger charge is -2.20. The molecule has 1 unspecified atom stereocenters. The first-order valence-electron chi connectivity index (χ1n) is 5.91. The smallest absolute Gasteiger partial charge is 0.427 e. The van der Waals surface area contributed by atoms with Gasteiger partial charge in [0.05, 0.1) is 12.8 Å². The molecule has 0 spiro atoms. The van der Waals surface area contributed by atoms with Gasteiger partial charge in [0.1, 0.15) is 18.0 Å². The van der Waals surface area contributed by atoms with Crippen molar-refractivity contribution >= 4 is 19.6 Å². The minimum Gasteiger partial charge on any atom is -0.427 e. The molecular weight excluding hydrogens is 325 g/mol. The Morgan fingerprint density at radius 3 is 2.73 bits per heavy atom. The lowest BCUT2D eigenvalue weighted by molar-refractivity contribution is -0.137. The number of anilines is 1. The number of aromatic nitrogens is 2. The van der Waals surface area contributed by atoms with E-state index in [1.165, 1.54) is 0 Å². The van der Waals surface area contributed by atoms with Crippen LogP contribution in [-0.4, -0.2) is 67.1 Å². The number of carbonyl (C=O) groups excluding carboxylic acids is 1. The number of aliphatic hydroxyl groups excluding tert-OH is 2. The van der Waals surface area contributed by atoms with Gasteiger partial charge in [0.25, 0.3) is 0 Å². The van der Waals surface area contributed by atoms with Crippen LogP contribution in [0.5, 0.6) is 0 Å². The van der Waals surface area contributed by atoms with Crippen LogP contribution in [-0.2, 0) is 18.6 Å². The van der Waals surface area contributed by atoms with Crippen LogP contribution < -0.4 is 5.73 Å². The molecule has 12 nitrogen and oxygen atoms in total. The Hall–Kier alpha value is -1.53. The van der Waals surface area contributed by atoms with Gasteiger partial charge in [-0.05, 0) is 0 Å². The van der Waals surface area contributed by atoms with Gasteiger partial charge in [0, 0.05) is 0 Å². The number of nitrogens with zero attached hydrogens (tertiary/aromatic N) is 1. The summed E-state index contributed by atoms with van der Waals surface area (Å²) in [6, 6.07) is 0. The summed E-state index contributed by atoms with van der Waals surface area (Å²) in [6.07, 6.45) is -5.04. The molecule has 0 aromatic carbocycles. The number of aromatic amines is 1. The van der Waals surface area contributed by atoms with Gasteiger partial charge in [-0.1, -0.05) is 0 Å². The molecule has 22 heavy (non-hydrogen) atoms. The number of phosphoric ester groups is 1. The number of esters is 1. The van der Waals surface area contributed by atoms with Crippen molar-refractivity contribution in [1.82, 2.24) is 9.97 Å². The quantitative estimate of drug-likeness (QED) is 0.249. The minimum atomic E-state index is -4.99. The highest BCUT2D eigenvalue weighted by molar-refractivity contribution is 7.46. The van der Waals surface area contributed by atoms with Crippen LogP contribution in [0.1, 0.15) is 10.6 Å². The highest BCUT2D eigenvalue weighted by Crippen LogP contribution is 2.42. The molecule has 1 aliphatic heterocycles. The fourth-order valence-electron chi connectivity index (χ4n) is 1.82. The number of H-pyrrole nitrogens is 1. The minimum absolute atomic E-state index is 0.0931. The molecule has 0 aliphatic carbocycles. The molecular formula is C9H14N3O9P. The molecule has 0 bridgehead atoms. The van der Waals surface area contributed by atoms with E-state index < -0.39 is 45.0 Å². The van der Waals surface area contributed by atoms with E-state index in [0.29, 0.717) is 0 Å². The second-order valence-corrected chi connectivity index (χ2v) is 5.56. The number of nitrogen functional groups attached to an aromatic ring is 1. The highest BCUT2D eigenvalue weighted by atomic mass is 31.2. The van der Waals surface area contributed by atoms with Crippen molar-refractivity contribution in [3.8, 4) is 0 Å². The van der Waals surface area contributed by atoms with E-state index in [9.17, 15) is 14.5 Å². The third kappa shape index (κ3) is 3.81. The van der Waals surface area contributed by atoms with Crippen LogP contribution in [0.4, 0.5) is 5.82 Å². The molecule has 2 rings (SSSR count). The monoisotopic (exact) mass is 339 g/mol. The van der Waals surface area contributed by atoms with E-state index >= 15 is 0 Å². The first-order chi connectivity index (χ1) is 10.2. The summed E-state index contributed by atoms with van der Waals surface area (Å²) >= 11 is 0. The van der Waals surface area contributed by atoms with Gasteiger partial charge in [-0.25, -0.2) is 14.3 Å². The Bertz CT molecular complexity index is 587. The van der Waals surface area contributed by atoms with Crippen molar-refractivity contribution in [1.29, 1.82) is 0 Å². The Kier molecular flexibility index (Phi) is 4.82. The molecule has 1 aromatic heterocycles. The van der Waals surface area contributed by atoms with Gasteiger partial charge in [0.2, 0.25) is 12.1 Å². The first kappa shape index (κ1) is 16.8. The molecule has 1 aromatic rings. The van der Waals surface area contributed by atoms with Crippen molar-refractivity contribution < 1.29 is 43.4 Å². The Balaban J connectivity index is 2.12. The summed E-state index contributed by atoms with van der Waals surface area (Å²) in [4.78, 5) is 35.4. The lowest BCUT2D eigenvalue weighted by Crippen LogP contribution is -2.37. The van der Waals surface area contributed by atoms with Gasteiger partial charge in [0.15, 0.2) is 6.10 Å². The molecule has 1 fully saturated rings. The van der Waals surface area contributed by atoms with Gasteiger partial charge in [-0.15, -0.1) is 0 Å². The van der Waals surface area contributed by atoms with E-state index in [2.05, 4.69) is 14.5 Å². The fourth-order valence-corrected chi connectivity index (χ4v) is 2.36. The predicted molar refractivity (Wildman–Crippen MR) is 67.1 cm³/mol. The van der Waals surface area contributed by atoms with E-state index in [0.717, 1.165) is 6.20 Å². The molecule has 2 heterocycles. The number of nitrogens with one attached hydrogen (secondary N) is 1. The average Bonchev–Trinajstić information content (AvgIpc) is 2.96. The normalized spacial score (nSPS) is 28.7. The molecule has 13 heteroatoms. The first-order valence-corrected chi connectivity index (χ1v) is 7.44. The highest BCUT2D eigenvalue weighted by Gasteiger charge is 2.49. The number of imidazole rings is 1. The molecule has 1 aliphatic rings. The van der Waals surface area contributed by atoms with Crippen molar-refractivity contribution in [2.75, 3.05) is 12.3 Å². The number of rotatable bonds is 5. The summed E-state index contributed by atoms with van der Waals surface area (Å²) < 4.78 is 25.1. The number of phosphoric acid groups is 1. The number of aliphatic hydroxyl groups is 2. The van der Waals surface area contributed by atoms with Gasteiger partial charge >= 0.3 is 13.8 Å². The molecule has 0 saturated carbocycles. The van der Waals surface area contributed by atoms with Crippen LogP contribution >= 0.6 is 7.82 Å². The topological polar surface area (TPSA) is 197 Å². The van der Waals surface area contributed by atoms with Crippen LogP contribution in [0.2, 0.25) is 0 Å². The van der Waals surface area contributed by atoms with Crippen molar-refractivity contribution in [2.45, 2.75) is 24.6 Å². The largest absolute Gasteiger partial charge is 0.470 e. The van der Waals surface area contributed by atoms with Crippen LogP contribution in [0.25, 0.3) is 0 Å². The molecule has 7 N–H and O–H groups in total. The van der Waals surface area contributed by atoms with Gasteiger partial charge in [-0.3, -0.25) is 4.52 Å². The number of carbonyl (C=O) groups is 1. The Morgan fingerprint density at radius 1 is 1.55 bits per heavy atom. The average molecular weight is 339 g/mol. The van der Waals surface area contributed by atoms with Crippen molar-refractivity contribution in [2.24, 2.45) is 0 Å². The molecule has 0 amide bonds. The molecule has 1 saturated heterocycles. The standard InChI is InChI=1S/C9H14N3O9P/c10-4-1-11-7(12-4)8(15)20-9-6(21-22(16,17)18)5(14)3(2-13)19-9/h1,3,5-6,9,13-14H,2,10H2,(H,11,12)(H2,16,17,18)/t3-,5-,6-,9?/m1/s1. The van der Waals surface area contributed by atoms with E-state index in [-0.39, 0.29) is 11.6 Å². The Labute approximate surface area is 123 Å². The maximum atomic E-state index is 11.8. The zero-order valence-corrected chi connectivity index (χ0v) is 11.8.